The molecule has 18 heavy (non-hydrogen) atoms. The minimum atomic E-state index is -1.27. The van der Waals surface area contributed by atoms with Crippen LogP contribution in [-0.4, -0.2) is 50.7 Å². The Hall–Kier alpha value is -0.910. The van der Waals surface area contributed by atoms with Gasteiger partial charge < -0.3 is 10.0 Å². The topological polar surface area (TPSA) is 74.7 Å². The van der Waals surface area contributed by atoms with Crippen molar-refractivity contribution in [2.45, 2.75) is 39.2 Å². The molecule has 0 aromatic carbocycles. The maximum atomic E-state index is 11.9. The Morgan fingerprint density at radius 1 is 1.39 bits per heavy atom. The first-order valence-electron chi connectivity index (χ1n) is 6.08. The molecule has 1 amide bonds. The number of carboxylic acids is 1. The maximum absolute atomic E-state index is 11.9. The summed E-state index contributed by atoms with van der Waals surface area (Å²) >= 11 is 0. The van der Waals surface area contributed by atoms with E-state index in [0.717, 1.165) is 12.8 Å². The van der Waals surface area contributed by atoms with Crippen molar-refractivity contribution in [3.63, 3.8) is 0 Å². The van der Waals surface area contributed by atoms with Crippen LogP contribution in [0.15, 0.2) is 0 Å². The summed E-state index contributed by atoms with van der Waals surface area (Å²) < 4.78 is 11.9. The molecule has 1 aliphatic carbocycles. The summed E-state index contributed by atoms with van der Waals surface area (Å²) in [6, 6.07) is 0.0865. The second-order valence-corrected chi connectivity index (χ2v) is 6.85. The Morgan fingerprint density at radius 3 is 2.33 bits per heavy atom. The molecule has 6 heteroatoms. The molecule has 0 aromatic heterocycles. The SMILES string of the molecule is CC(C)N(C)C(=O)CS(=O)CC1(CC(=O)O)CC1. The zero-order chi connectivity index (χ0) is 13.9. The number of carbonyl (C=O) groups is 2. The van der Waals surface area contributed by atoms with Gasteiger partial charge in [0.25, 0.3) is 0 Å². The summed E-state index contributed by atoms with van der Waals surface area (Å²) in [5, 5.41) is 8.77. The van der Waals surface area contributed by atoms with Gasteiger partial charge in [-0.25, -0.2) is 0 Å². The van der Waals surface area contributed by atoms with Crippen molar-refractivity contribution in [3.8, 4) is 0 Å². The van der Waals surface area contributed by atoms with E-state index in [1.54, 1.807) is 11.9 Å². The predicted octanol–water partition coefficient (Wildman–Crippen LogP) is 0.857. The molecule has 0 aliphatic heterocycles. The number of rotatable bonds is 7. The van der Waals surface area contributed by atoms with Crippen LogP contribution in [0.5, 0.6) is 0 Å². The summed E-state index contributed by atoms with van der Waals surface area (Å²) in [4.78, 5) is 24.0. The molecule has 0 aromatic rings. The lowest BCUT2D eigenvalue weighted by Crippen LogP contribution is -2.37. The summed E-state index contributed by atoms with van der Waals surface area (Å²) in [6.45, 7) is 3.79. The largest absolute Gasteiger partial charge is 0.481 e. The van der Waals surface area contributed by atoms with E-state index >= 15 is 0 Å². The minimum Gasteiger partial charge on any atom is -0.481 e. The van der Waals surface area contributed by atoms with Crippen molar-refractivity contribution >= 4 is 22.7 Å². The molecular weight excluding hydrogens is 254 g/mol. The van der Waals surface area contributed by atoms with Gasteiger partial charge in [0.05, 0.1) is 6.42 Å². The van der Waals surface area contributed by atoms with Crippen LogP contribution in [0, 0.1) is 5.41 Å². The fraction of sp³-hybridized carbons (Fsp3) is 0.833. The number of amides is 1. The van der Waals surface area contributed by atoms with E-state index in [-0.39, 0.29) is 29.5 Å². The quantitative estimate of drug-likeness (QED) is 0.747. The highest BCUT2D eigenvalue weighted by Gasteiger charge is 2.45. The molecule has 5 nitrogen and oxygen atoms in total. The third-order valence-electron chi connectivity index (χ3n) is 3.40. The standard InChI is InChI=1S/C12H21NO4S/c1-9(2)13(3)10(14)7-18(17)8-12(4-5-12)6-11(15)16/h9H,4-8H2,1-3H3,(H,15,16). The highest BCUT2D eigenvalue weighted by atomic mass is 32.2. The monoisotopic (exact) mass is 275 g/mol. The smallest absolute Gasteiger partial charge is 0.303 e. The molecule has 1 rings (SSSR count). The van der Waals surface area contributed by atoms with Gasteiger partial charge in [0, 0.05) is 29.6 Å². The number of carbonyl (C=O) groups excluding carboxylic acids is 1. The van der Waals surface area contributed by atoms with E-state index in [1.165, 1.54) is 0 Å². The summed E-state index contributed by atoms with van der Waals surface area (Å²) in [7, 11) is 0.424. The van der Waals surface area contributed by atoms with E-state index in [2.05, 4.69) is 0 Å². The van der Waals surface area contributed by atoms with Gasteiger partial charge in [-0.2, -0.15) is 0 Å². The highest BCUT2D eigenvalue weighted by Crippen LogP contribution is 2.49. The average Bonchev–Trinajstić information content (AvgIpc) is 2.94. The first kappa shape index (κ1) is 15.1. The van der Waals surface area contributed by atoms with E-state index in [1.807, 2.05) is 13.8 Å². The molecule has 0 radical (unpaired) electrons. The minimum absolute atomic E-state index is 0.00392. The van der Waals surface area contributed by atoms with Crippen LogP contribution in [0.25, 0.3) is 0 Å². The number of nitrogens with zero attached hydrogens (tertiary/aromatic N) is 1. The number of aliphatic carboxylic acids is 1. The van der Waals surface area contributed by atoms with Crippen LogP contribution in [-0.2, 0) is 20.4 Å². The van der Waals surface area contributed by atoms with E-state index in [0.29, 0.717) is 5.75 Å². The van der Waals surface area contributed by atoms with Gasteiger partial charge in [0.15, 0.2) is 0 Å². The fourth-order valence-corrected chi connectivity index (χ4v) is 3.44. The molecule has 1 unspecified atom stereocenters. The average molecular weight is 275 g/mol. The molecule has 0 saturated heterocycles. The van der Waals surface area contributed by atoms with Crippen molar-refractivity contribution in [1.82, 2.24) is 4.90 Å². The molecular formula is C12H21NO4S. The molecule has 0 spiro atoms. The molecule has 1 N–H and O–H groups in total. The van der Waals surface area contributed by atoms with Gasteiger partial charge in [-0.05, 0) is 32.1 Å². The lowest BCUT2D eigenvalue weighted by molar-refractivity contribution is -0.138. The third kappa shape index (κ3) is 4.40. The van der Waals surface area contributed by atoms with Gasteiger partial charge in [0.2, 0.25) is 5.91 Å². The van der Waals surface area contributed by atoms with Crippen molar-refractivity contribution in [3.05, 3.63) is 0 Å². The molecule has 0 bridgehead atoms. The molecule has 1 fully saturated rings. The number of carboxylic acid groups (broad SMARTS) is 1. The van der Waals surface area contributed by atoms with Crippen molar-refractivity contribution in [2.75, 3.05) is 18.6 Å². The van der Waals surface area contributed by atoms with Crippen molar-refractivity contribution in [2.24, 2.45) is 5.41 Å². The molecule has 1 aliphatic rings. The zero-order valence-corrected chi connectivity index (χ0v) is 12.0. The Kier molecular flexibility index (Phi) is 4.90. The van der Waals surface area contributed by atoms with Gasteiger partial charge in [-0.3, -0.25) is 13.8 Å². The molecule has 1 saturated carbocycles. The van der Waals surface area contributed by atoms with Gasteiger partial charge in [0.1, 0.15) is 5.75 Å². The Morgan fingerprint density at radius 2 is 1.94 bits per heavy atom. The summed E-state index contributed by atoms with van der Waals surface area (Å²) in [6.07, 6.45) is 1.67. The van der Waals surface area contributed by atoms with Crippen LogP contribution in [0.4, 0.5) is 0 Å². The lowest BCUT2D eigenvalue weighted by Gasteiger charge is -2.21. The van der Waals surface area contributed by atoms with Crippen molar-refractivity contribution < 1.29 is 18.9 Å². The number of hydrogen-bond acceptors (Lipinski definition) is 3. The number of hydrogen-bond donors (Lipinski definition) is 1. The molecule has 1 atom stereocenters. The van der Waals surface area contributed by atoms with Gasteiger partial charge in [-0.15, -0.1) is 0 Å². The fourth-order valence-electron chi connectivity index (χ4n) is 1.79. The van der Waals surface area contributed by atoms with Crippen LogP contribution in [0.2, 0.25) is 0 Å². The van der Waals surface area contributed by atoms with Crippen LogP contribution < -0.4 is 0 Å². The van der Waals surface area contributed by atoms with Crippen molar-refractivity contribution in [1.29, 1.82) is 0 Å². The first-order valence-corrected chi connectivity index (χ1v) is 7.57. The third-order valence-corrected chi connectivity index (χ3v) is 4.91. The Balaban J connectivity index is 2.43. The Bertz CT molecular complexity index is 363. The second kappa shape index (κ2) is 5.82. The maximum Gasteiger partial charge on any atom is 0.303 e. The van der Waals surface area contributed by atoms with E-state index < -0.39 is 16.8 Å². The molecule has 104 valence electrons. The van der Waals surface area contributed by atoms with E-state index in [9.17, 15) is 13.8 Å². The van der Waals surface area contributed by atoms with Crippen LogP contribution in [0.1, 0.15) is 33.1 Å². The normalized spacial score (nSPS) is 18.4. The zero-order valence-electron chi connectivity index (χ0n) is 11.1. The van der Waals surface area contributed by atoms with E-state index in [4.69, 9.17) is 5.11 Å². The highest BCUT2D eigenvalue weighted by molar-refractivity contribution is 7.85. The predicted molar refractivity (Wildman–Crippen MR) is 69.7 cm³/mol. The second-order valence-electron chi connectivity index (χ2n) is 5.40. The van der Waals surface area contributed by atoms with Crippen LogP contribution >= 0.6 is 0 Å². The summed E-state index contributed by atoms with van der Waals surface area (Å²) in [5.74, 6) is -0.669. The molecule has 0 heterocycles. The lowest BCUT2D eigenvalue weighted by atomic mass is 10.1. The van der Waals surface area contributed by atoms with Gasteiger partial charge >= 0.3 is 5.97 Å². The summed E-state index contributed by atoms with van der Waals surface area (Å²) in [5.41, 5.74) is -0.312. The Labute approximate surface area is 110 Å². The van der Waals surface area contributed by atoms with Crippen LogP contribution in [0.3, 0.4) is 0 Å². The first-order chi connectivity index (χ1) is 8.26. The van der Waals surface area contributed by atoms with Gasteiger partial charge in [-0.1, -0.05) is 0 Å².